The quantitative estimate of drug-likeness (QED) is 0.695. The molecule has 1 aromatic carbocycles. The molecule has 1 aliphatic carbocycles. The highest BCUT2D eigenvalue weighted by atomic mass is 32.2. The van der Waals surface area contributed by atoms with E-state index in [1.807, 2.05) is 30.3 Å². The summed E-state index contributed by atoms with van der Waals surface area (Å²) in [5.41, 5.74) is 0.982. The smallest absolute Gasteiger partial charge is 0.321 e. The maximum Gasteiger partial charge on any atom is 0.321 e. The molecule has 1 aliphatic rings. The van der Waals surface area contributed by atoms with Crippen LogP contribution < -0.4 is 10.6 Å². The number of thioether (sulfide) groups is 1. The average molecular weight is 373 g/mol. The first-order valence-corrected chi connectivity index (χ1v) is 9.83. The summed E-state index contributed by atoms with van der Waals surface area (Å²) in [6.45, 7) is 3.29. The Hall–Kier alpha value is -2.35. The van der Waals surface area contributed by atoms with Crippen LogP contribution in [0.25, 0.3) is 0 Å². The standard InChI is InChI=1S/C18H23N5O2S/c1-2-23-16(14-8-9-14)21-22-18(23)26-11-10-15(24)20-17(25)19-12-13-6-4-3-5-7-13/h3-7,14H,2,8-12H2,1H3,(H2,19,20,24,25). The van der Waals surface area contributed by atoms with Crippen molar-refractivity contribution in [2.45, 2.75) is 50.4 Å². The Balaban J connectivity index is 1.38. The number of urea groups is 1. The summed E-state index contributed by atoms with van der Waals surface area (Å²) >= 11 is 1.50. The second-order valence-electron chi connectivity index (χ2n) is 6.17. The van der Waals surface area contributed by atoms with E-state index in [-0.39, 0.29) is 12.3 Å². The van der Waals surface area contributed by atoms with Crippen LogP contribution in [0.1, 0.15) is 43.5 Å². The first-order chi connectivity index (χ1) is 12.7. The Labute approximate surface area is 157 Å². The zero-order chi connectivity index (χ0) is 18.4. The maximum absolute atomic E-state index is 11.9. The number of aromatic nitrogens is 3. The van der Waals surface area contributed by atoms with Gasteiger partial charge in [0, 0.05) is 31.2 Å². The zero-order valence-corrected chi connectivity index (χ0v) is 15.6. The third-order valence-electron chi connectivity index (χ3n) is 4.11. The van der Waals surface area contributed by atoms with E-state index in [1.54, 1.807) is 0 Å². The third-order valence-corrected chi connectivity index (χ3v) is 5.08. The van der Waals surface area contributed by atoms with Crippen LogP contribution >= 0.6 is 11.8 Å². The summed E-state index contributed by atoms with van der Waals surface area (Å²) in [5.74, 6) is 1.86. The molecule has 3 amide bonds. The molecule has 7 nitrogen and oxygen atoms in total. The van der Waals surface area contributed by atoms with Gasteiger partial charge in [0.1, 0.15) is 5.82 Å². The molecule has 0 spiro atoms. The molecule has 1 fully saturated rings. The normalized spacial score (nSPS) is 13.4. The van der Waals surface area contributed by atoms with Crippen molar-refractivity contribution in [2.24, 2.45) is 0 Å². The molecule has 3 rings (SSSR count). The highest BCUT2D eigenvalue weighted by molar-refractivity contribution is 7.99. The SMILES string of the molecule is CCn1c(SCCC(=O)NC(=O)NCc2ccccc2)nnc1C1CC1. The zero-order valence-electron chi connectivity index (χ0n) is 14.8. The Bertz CT molecular complexity index is 758. The fourth-order valence-corrected chi connectivity index (χ4v) is 3.54. The van der Waals surface area contributed by atoms with Crippen LogP contribution in [0.5, 0.6) is 0 Å². The molecule has 2 N–H and O–H groups in total. The fraction of sp³-hybridized carbons (Fsp3) is 0.444. The summed E-state index contributed by atoms with van der Waals surface area (Å²) in [7, 11) is 0. The molecule has 0 bridgehead atoms. The van der Waals surface area contributed by atoms with Crippen molar-refractivity contribution in [3.8, 4) is 0 Å². The van der Waals surface area contributed by atoms with Crippen LogP contribution in [0.15, 0.2) is 35.5 Å². The van der Waals surface area contributed by atoms with Crippen molar-refractivity contribution in [3.05, 3.63) is 41.7 Å². The van der Waals surface area contributed by atoms with Gasteiger partial charge in [-0.1, -0.05) is 42.1 Å². The lowest BCUT2D eigenvalue weighted by Gasteiger charge is -2.08. The van der Waals surface area contributed by atoms with Gasteiger partial charge >= 0.3 is 6.03 Å². The summed E-state index contributed by atoms with van der Waals surface area (Å²) in [4.78, 5) is 23.7. The van der Waals surface area contributed by atoms with Gasteiger partial charge in [0.05, 0.1) is 0 Å². The molecular weight excluding hydrogens is 350 g/mol. The first-order valence-electron chi connectivity index (χ1n) is 8.85. The number of imide groups is 1. The van der Waals surface area contributed by atoms with Crippen LogP contribution in [-0.2, 0) is 17.9 Å². The van der Waals surface area contributed by atoms with Gasteiger partial charge in [-0.05, 0) is 25.3 Å². The molecule has 138 valence electrons. The van der Waals surface area contributed by atoms with Crippen LogP contribution in [0.3, 0.4) is 0 Å². The Kier molecular flexibility index (Phi) is 6.27. The van der Waals surface area contributed by atoms with E-state index in [0.717, 1.165) is 23.1 Å². The topological polar surface area (TPSA) is 88.9 Å². The molecule has 8 heteroatoms. The monoisotopic (exact) mass is 373 g/mol. The van der Waals surface area contributed by atoms with Gasteiger partial charge in [-0.15, -0.1) is 10.2 Å². The summed E-state index contributed by atoms with van der Waals surface area (Å²) in [5, 5.41) is 14.4. The average Bonchev–Trinajstić information content (AvgIpc) is 3.41. The summed E-state index contributed by atoms with van der Waals surface area (Å²) < 4.78 is 2.12. The van der Waals surface area contributed by atoms with Crippen molar-refractivity contribution in [2.75, 3.05) is 5.75 Å². The largest absolute Gasteiger partial charge is 0.334 e. The van der Waals surface area contributed by atoms with Gasteiger partial charge in [0.25, 0.3) is 0 Å². The predicted octanol–water partition coefficient (Wildman–Crippen LogP) is 2.68. The minimum Gasteiger partial charge on any atom is -0.334 e. The lowest BCUT2D eigenvalue weighted by atomic mass is 10.2. The first kappa shape index (κ1) is 18.4. The van der Waals surface area contributed by atoms with E-state index < -0.39 is 6.03 Å². The predicted molar refractivity (Wildman–Crippen MR) is 99.8 cm³/mol. The Morgan fingerprint density at radius 2 is 2.00 bits per heavy atom. The Morgan fingerprint density at radius 1 is 1.23 bits per heavy atom. The molecule has 0 radical (unpaired) electrons. The molecule has 2 aromatic rings. The molecule has 0 saturated heterocycles. The van der Waals surface area contributed by atoms with E-state index >= 15 is 0 Å². The minimum absolute atomic E-state index is 0.249. The maximum atomic E-state index is 11.9. The van der Waals surface area contributed by atoms with Crippen LogP contribution in [0.2, 0.25) is 0 Å². The minimum atomic E-state index is -0.475. The molecule has 1 aromatic heterocycles. The molecular formula is C18H23N5O2S. The van der Waals surface area contributed by atoms with E-state index in [9.17, 15) is 9.59 Å². The van der Waals surface area contributed by atoms with Crippen LogP contribution in [0.4, 0.5) is 4.79 Å². The van der Waals surface area contributed by atoms with Gasteiger partial charge in [0.2, 0.25) is 5.91 Å². The van der Waals surface area contributed by atoms with Crippen LogP contribution in [-0.4, -0.2) is 32.5 Å². The molecule has 1 saturated carbocycles. The Morgan fingerprint density at radius 3 is 2.69 bits per heavy atom. The fourth-order valence-electron chi connectivity index (χ4n) is 2.59. The molecule has 0 aliphatic heterocycles. The van der Waals surface area contributed by atoms with Crippen molar-refractivity contribution in [1.82, 2.24) is 25.4 Å². The summed E-state index contributed by atoms with van der Waals surface area (Å²) in [6, 6.07) is 9.08. The van der Waals surface area contributed by atoms with Gasteiger partial charge in [-0.3, -0.25) is 10.1 Å². The van der Waals surface area contributed by atoms with Gasteiger partial charge < -0.3 is 9.88 Å². The number of nitrogens with one attached hydrogen (secondary N) is 2. The summed E-state index contributed by atoms with van der Waals surface area (Å²) in [6.07, 6.45) is 2.62. The van der Waals surface area contributed by atoms with Gasteiger partial charge in [-0.2, -0.15) is 0 Å². The lowest BCUT2D eigenvalue weighted by Crippen LogP contribution is -2.39. The van der Waals surface area contributed by atoms with E-state index in [2.05, 4.69) is 32.3 Å². The third kappa shape index (κ3) is 5.08. The number of hydrogen-bond donors (Lipinski definition) is 2. The molecule has 1 heterocycles. The lowest BCUT2D eigenvalue weighted by molar-refractivity contribution is -0.119. The van der Waals surface area contributed by atoms with Gasteiger partial charge in [0.15, 0.2) is 5.16 Å². The van der Waals surface area contributed by atoms with E-state index in [0.29, 0.717) is 18.2 Å². The van der Waals surface area contributed by atoms with Crippen molar-refractivity contribution in [3.63, 3.8) is 0 Å². The van der Waals surface area contributed by atoms with Crippen molar-refractivity contribution < 1.29 is 9.59 Å². The molecule has 0 unspecified atom stereocenters. The highest BCUT2D eigenvalue weighted by Crippen LogP contribution is 2.39. The number of hydrogen-bond acceptors (Lipinski definition) is 5. The number of benzene rings is 1. The molecule has 0 atom stereocenters. The number of carbonyl (C=O) groups excluding carboxylic acids is 2. The second kappa shape index (κ2) is 8.84. The number of amides is 3. The highest BCUT2D eigenvalue weighted by Gasteiger charge is 2.29. The van der Waals surface area contributed by atoms with E-state index in [1.165, 1.54) is 24.6 Å². The second-order valence-corrected chi connectivity index (χ2v) is 7.24. The number of nitrogens with zero attached hydrogens (tertiary/aromatic N) is 3. The molecule has 26 heavy (non-hydrogen) atoms. The van der Waals surface area contributed by atoms with E-state index in [4.69, 9.17) is 0 Å². The van der Waals surface area contributed by atoms with Gasteiger partial charge in [-0.25, -0.2) is 4.79 Å². The number of carbonyl (C=O) groups is 2. The number of rotatable bonds is 8. The van der Waals surface area contributed by atoms with Crippen molar-refractivity contribution >= 4 is 23.7 Å². The van der Waals surface area contributed by atoms with Crippen LogP contribution in [0, 0.1) is 0 Å². The van der Waals surface area contributed by atoms with Crippen molar-refractivity contribution in [1.29, 1.82) is 0 Å².